The molecule has 3 nitrogen and oxygen atoms in total. The lowest BCUT2D eigenvalue weighted by atomic mass is 9.87. The van der Waals surface area contributed by atoms with E-state index < -0.39 is 0 Å². The lowest BCUT2D eigenvalue weighted by molar-refractivity contribution is 0.281. The van der Waals surface area contributed by atoms with E-state index in [1.54, 1.807) is 0 Å². The maximum atomic E-state index is 8.74. The van der Waals surface area contributed by atoms with E-state index in [0.29, 0.717) is 0 Å². The van der Waals surface area contributed by atoms with Gasteiger partial charge in [0.25, 0.3) is 0 Å². The van der Waals surface area contributed by atoms with Gasteiger partial charge >= 0.3 is 0 Å². The summed E-state index contributed by atoms with van der Waals surface area (Å²) in [6, 6.07) is 0. The van der Waals surface area contributed by atoms with Crippen molar-refractivity contribution >= 4 is 5.71 Å². The number of nitrogens with one attached hydrogen (secondary N) is 1. The molecule has 2 saturated heterocycles. The van der Waals surface area contributed by atoms with Gasteiger partial charge in [0.2, 0.25) is 0 Å². The Bertz CT molecular complexity index is 219. The fourth-order valence-electron chi connectivity index (χ4n) is 2.70. The Morgan fingerprint density at radius 1 is 1.25 bits per heavy atom. The molecule has 2 unspecified atom stereocenters. The van der Waals surface area contributed by atoms with Crippen molar-refractivity contribution in [1.82, 2.24) is 5.32 Å². The van der Waals surface area contributed by atoms with Gasteiger partial charge in [0, 0.05) is 23.9 Å². The molecule has 0 aromatic carbocycles. The molecule has 0 radical (unpaired) electrons. The van der Waals surface area contributed by atoms with Crippen LogP contribution in [0.5, 0.6) is 0 Å². The van der Waals surface area contributed by atoms with Crippen molar-refractivity contribution in [3.05, 3.63) is 0 Å². The first-order valence-corrected chi connectivity index (χ1v) is 4.54. The first-order chi connectivity index (χ1) is 5.55. The molecule has 2 aliphatic rings. The Morgan fingerprint density at radius 2 is 1.75 bits per heavy atom. The molecule has 2 atom stereocenters. The summed E-state index contributed by atoms with van der Waals surface area (Å²) in [5.41, 5.74) is 1.33. The van der Waals surface area contributed by atoms with Crippen LogP contribution in [0.2, 0.25) is 0 Å². The smallest absolute Gasteiger partial charge is 0.0607 e. The highest BCUT2D eigenvalue weighted by molar-refractivity contribution is 5.87. The summed E-state index contributed by atoms with van der Waals surface area (Å²) in [6.07, 6.45) is 4.20. The van der Waals surface area contributed by atoms with Crippen molar-refractivity contribution in [1.29, 1.82) is 0 Å². The number of oxime groups is 1. The third-order valence-corrected chi connectivity index (χ3v) is 3.16. The number of fused-ring (bicyclic) bond motifs is 2. The second kappa shape index (κ2) is 2.22. The molecular formula is C9H16N2O. The van der Waals surface area contributed by atoms with Crippen LogP contribution in [0.25, 0.3) is 0 Å². The minimum absolute atomic E-state index is 0.189. The summed E-state index contributed by atoms with van der Waals surface area (Å²) in [4.78, 5) is 0. The Kier molecular flexibility index (Phi) is 1.49. The molecule has 2 heterocycles. The van der Waals surface area contributed by atoms with Gasteiger partial charge in [0.15, 0.2) is 0 Å². The maximum absolute atomic E-state index is 8.74. The average Bonchev–Trinajstić information content (AvgIpc) is 2.20. The van der Waals surface area contributed by atoms with Gasteiger partial charge in [-0.25, -0.2) is 0 Å². The lowest BCUT2D eigenvalue weighted by Gasteiger charge is -2.37. The molecule has 0 aromatic heterocycles. The molecule has 12 heavy (non-hydrogen) atoms. The Hall–Kier alpha value is -0.570. The predicted molar refractivity (Wildman–Crippen MR) is 47.6 cm³/mol. The van der Waals surface area contributed by atoms with Gasteiger partial charge in [-0.15, -0.1) is 0 Å². The zero-order valence-electron chi connectivity index (χ0n) is 7.72. The van der Waals surface area contributed by atoms with Gasteiger partial charge in [0.05, 0.1) is 5.71 Å². The summed E-state index contributed by atoms with van der Waals surface area (Å²) in [6.45, 7) is 4.42. The van der Waals surface area contributed by atoms with Crippen LogP contribution in [0.4, 0.5) is 0 Å². The first-order valence-electron chi connectivity index (χ1n) is 4.54. The highest BCUT2D eigenvalue weighted by atomic mass is 16.4. The van der Waals surface area contributed by atoms with Crippen LogP contribution < -0.4 is 5.32 Å². The maximum Gasteiger partial charge on any atom is 0.0607 e. The average molecular weight is 168 g/mol. The van der Waals surface area contributed by atoms with Gasteiger partial charge in [0.1, 0.15) is 0 Å². The Labute approximate surface area is 72.8 Å². The van der Waals surface area contributed by atoms with E-state index in [1.165, 1.54) is 12.8 Å². The fraction of sp³-hybridized carbons (Fsp3) is 0.889. The Morgan fingerprint density at radius 3 is 2.17 bits per heavy atom. The van der Waals surface area contributed by atoms with Crippen molar-refractivity contribution in [3.8, 4) is 0 Å². The van der Waals surface area contributed by atoms with Crippen LogP contribution in [0.15, 0.2) is 5.16 Å². The van der Waals surface area contributed by atoms with Crippen molar-refractivity contribution in [2.45, 2.75) is 50.6 Å². The second-order valence-electron chi connectivity index (χ2n) is 4.77. The molecule has 0 aliphatic carbocycles. The second-order valence-corrected chi connectivity index (χ2v) is 4.77. The summed E-state index contributed by atoms with van der Waals surface area (Å²) >= 11 is 0. The normalized spacial score (nSPS) is 46.3. The van der Waals surface area contributed by atoms with Crippen molar-refractivity contribution in [3.63, 3.8) is 0 Å². The third-order valence-electron chi connectivity index (χ3n) is 3.16. The number of nitrogens with zero attached hydrogens (tertiary/aromatic N) is 1. The highest BCUT2D eigenvalue weighted by Crippen LogP contribution is 2.40. The van der Waals surface area contributed by atoms with E-state index in [1.807, 2.05) is 0 Å². The van der Waals surface area contributed by atoms with E-state index >= 15 is 0 Å². The van der Waals surface area contributed by atoms with Gasteiger partial charge in [-0.3, -0.25) is 0 Å². The van der Waals surface area contributed by atoms with E-state index in [-0.39, 0.29) is 11.1 Å². The minimum Gasteiger partial charge on any atom is -0.411 e. The molecule has 2 rings (SSSR count). The molecule has 0 aromatic rings. The molecule has 3 heteroatoms. The molecule has 2 N–H and O–H groups in total. The molecule has 2 fully saturated rings. The third kappa shape index (κ3) is 1.12. The summed E-state index contributed by atoms with van der Waals surface area (Å²) in [5.74, 6) is 0. The highest BCUT2D eigenvalue weighted by Gasteiger charge is 2.47. The molecule has 2 aliphatic heterocycles. The number of piperidine rings is 1. The number of hydrogen-bond acceptors (Lipinski definition) is 3. The fourth-order valence-corrected chi connectivity index (χ4v) is 2.70. The lowest BCUT2D eigenvalue weighted by Crippen LogP contribution is -2.53. The number of hydrogen-bond donors (Lipinski definition) is 2. The molecule has 0 amide bonds. The Balaban J connectivity index is 2.27. The van der Waals surface area contributed by atoms with Crippen LogP contribution in [0, 0.1) is 0 Å². The van der Waals surface area contributed by atoms with Crippen LogP contribution in [0.3, 0.4) is 0 Å². The molecular weight excluding hydrogens is 152 g/mol. The minimum atomic E-state index is 0.189. The van der Waals surface area contributed by atoms with Crippen molar-refractivity contribution < 1.29 is 5.21 Å². The standard InChI is InChI=1S/C9H16N2O/c1-8-3-4-9(2,11-8)6-7(5-8)10-12/h11-12H,3-6H2,1-2H3. The van der Waals surface area contributed by atoms with E-state index in [0.717, 1.165) is 18.6 Å². The quantitative estimate of drug-likeness (QED) is 0.425. The molecule has 68 valence electrons. The zero-order chi connectivity index (χ0) is 8.82. The molecule has 0 saturated carbocycles. The molecule has 2 bridgehead atoms. The van der Waals surface area contributed by atoms with Crippen LogP contribution in [-0.2, 0) is 0 Å². The van der Waals surface area contributed by atoms with Gasteiger partial charge in [-0.1, -0.05) is 5.16 Å². The van der Waals surface area contributed by atoms with Crippen LogP contribution in [-0.4, -0.2) is 22.0 Å². The van der Waals surface area contributed by atoms with Gasteiger partial charge in [-0.05, 0) is 26.7 Å². The molecule has 0 spiro atoms. The van der Waals surface area contributed by atoms with E-state index in [4.69, 9.17) is 5.21 Å². The van der Waals surface area contributed by atoms with E-state index in [9.17, 15) is 0 Å². The summed E-state index contributed by atoms with van der Waals surface area (Å²) in [5, 5.41) is 15.7. The zero-order valence-corrected chi connectivity index (χ0v) is 7.72. The van der Waals surface area contributed by atoms with Crippen LogP contribution >= 0.6 is 0 Å². The largest absolute Gasteiger partial charge is 0.411 e. The van der Waals surface area contributed by atoms with Gasteiger partial charge in [-0.2, -0.15) is 0 Å². The first kappa shape index (κ1) is 8.05. The summed E-state index contributed by atoms with van der Waals surface area (Å²) in [7, 11) is 0. The predicted octanol–water partition coefficient (Wildman–Crippen LogP) is 1.51. The monoisotopic (exact) mass is 168 g/mol. The number of rotatable bonds is 0. The van der Waals surface area contributed by atoms with Crippen LogP contribution in [0.1, 0.15) is 39.5 Å². The van der Waals surface area contributed by atoms with E-state index in [2.05, 4.69) is 24.3 Å². The summed E-state index contributed by atoms with van der Waals surface area (Å²) < 4.78 is 0. The SMILES string of the molecule is CC12CCC(C)(CC(=NO)C1)N2. The van der Waals surface area contributed by atoms with Crippen molar-refractivity contribution in [2.24, 2.45) is 5.16 Å². The topological polar surface area (TPSA) is 44.6 Å². The van der Waals surface area contributed by atoms with Gasteiger partial charge < -0.3 is 10.5 Å². The van der Waals surface area contributed by atoms with Crippen molar-refractivity contribution in [2.75, 3.05) is 0 Å².